The summed E-state index contributed by atoms with van der Waals surface area (Å²) in [5, 5.41) is 0. The highest BCUT2D eigenvalue weighted by atomic mass is 16.5. The monoisotopic (exact) mass is 257 g/mol. The molecule has 0 radical (unpaired) electrons. The van der Waals surface area contributed by atoms with E-state index in [0.29, 0.717) is 24.0 Å². The summed E-state index contributed by atoms with van der Waals surface area (Å²) in [5.74, 6) is 1.05. The minimum absolute atomic E-state index is 0.346. The normalized spacial score (nSPS) is 10.9. The van der Waals surface area contributed by atoms with Crippen LogP contribution in [0, 0.1) is 0 Å². The molecule has 4 nitrogen and oxygen atoms in total. The van der Waals surface area contributed by atoms with Crippen molar-refractivity contribution in [1.29, 1.82) is 0 Å². The van der Waals surface area contributed by atoms with E-state index in [1.165, 1.54) is 0 Å². The van der Waals surface area contributed by atoms with Crippen LogP contribution in [0.3, 0.4) is 0 Å². The Morgan fingerprint density at radius 2 is 2.00 bits per heavy atom. The van der Waals surface area contributed by atoms with Gasteiger partial charge in [-0.1, -0.05) is 26.0 Å². The van der Waals surface area contributed by atoms with Crippen LogP contribution in [0.4, 0.5) is 5.69 Å². The molecular formula is C15H19N3O. The highest BCUT2D eigenvalue weighted by Crippen LogP contribution is 2.21. The van der Waals surface area contributed by atoms with Crippen molar-refractivity contribution in [2.24, 2.45) is 0 Å². The van der Waals surface area contributed by atoms with Gasteiger partial charge in [0.05, 0.1) is 12.3 Å². The van der Waals surface area contributed by atoms with Crippen LogP contribution in [0.2, 0.25) is 0 Å². The predicted molar refractivity (Wildman–Crippen MR) is 76.7 cm³/mol. The van der Waals surface area contributed by atoms with E-state index in [1.807, 2.05) is 30.3 Å². The molecule has 2 aromatic rings. The van der Waals surface area contributed by atoms with Crippen molar-refractivity contribution in [1.82, 2.24) is 9.97 Å². The second kappa shape index (κ2) is 5.80. The molecule has 0 aliphatic heterocycles. The summed E-state index contributed by atoms with van der Waals surface area (Å²) < 4.78 is 5.16. The molecular weight excluding hydrogens is 238 g/mol. The number of hydrogen-bond donors (Lipinski definition) is 1. The summed E-state index contributed by atoms with van der Waals surface area (Å²) in [4.78, 5) is 9.13. The van der Waals surface area contributed by atoms with Gasteiger partial charge in [-0.3, -0.25) is 0 Å². The predicted octanol–water partition coefficient (Wildman–Crippen LogP) is 3.00. The minimum atomic E-state index is 0.346. The Morgan fingerprint density at radius 3 is 2.63 bits per heavy atom. The van der Waals surface area contributed by atoms with Crippen LogP contribution >= 0.6 is 0 Å². The SMILES string of the molecule is COCc1cc(C(C)C)nc(-c2cccc(N)c2)n1. The van der Waals surface area contributed by atoms with E-state index in [2.05, 4.69) is 23.8 Å². The van der Waals surface area contributed by atoms with Crippen LogP contribution in [0.1, 0.15) is 31.2 Å². The lowest BCUT2D eigenvalue weighted by Gasteiger charge is -2.10. The van der Waals surface area contributed by atoms with Crippen molar-refractivity contribution in [3.05, 3.63) is 41.7 Å². The first-order valence-electron chi connectivity index (χ1n) is 6.33. The van der Waals surface area contributed by atoms with Crippen molar-refractivity contribution < 1.29 is 4.74 Å². The maximum absolute atomic E-state index is 5.81. The highest BCUT2D eigenvalue weighted by Gasteiger charge is 2.09. The van der Waals surface area contributed by atoms with E-state index < -0.39 is 0 Å². The van der Waals surface area contributed by atoms with Gasteiger partial charge in [0.1, 0.15) is 0 Å². The number of anilines is 1. The Labute approximate surface area is 113 Å². The first kappa shape index (κ1) is 13.5. The van der Waals surface area contributed by atoms with Gasteiger partial charge in [0.15, 0.2) is 5.82 Å². The van der Waals surface area contributed by atoms with Gasteiger partial charge < -0.3 is 10.5 Å². The van der Waals surface area contributed by atoms with Crippen LogP contribution < -0.4 is 5.73 Å². The molecule has 0 saturated heterocycles. The lowest BCUT2D eigenvalue weighted by Crippen LogP contribution is -2.03. The molecule has 1 aromatic heterocycles. The fourth-order valence-electron chi connectivity index (χ4n) is 1.84. The minimum Gasteiger partial charge on any atom is -0.399 e. The third-order valence-electron chi connectivity index (χ3n) is 2.83. The first-order chi connectivity index (χ1) is 9.10. The average molecular weight is 257 g/mol. The molecule has 100 valence electrons. The first-order valence-corrected chi connectivity index (χ1v) is 6.33. The number of ether oxygens (including phenoxy) is 1. The van der Waals surface area contributed by atoms with Gasteiger partial charge in [0, 0.05) is 24.1 Å². The topological polar surface area (TPSA) is 61.0 Å². The lowest BCUT2D eigenvalue weighted by molar-refractivity contribution is 0.181. The summed E-state index contributed by atoms with van der Waals surface area (Å²) in [5.41, 5.74) is 9.35. The number of hydrogen-bond acceptors (Lipinski definition) is 4. The van der Waals surface area contributed by atoms with E-state index in [-0.39, 0.29) is 0 Å². The second-order valence-electron chi connectivity index (χ2n) is 4.82. The zero-order valence-corrected chi connectivity index (χ0v) is 11.6. The lowest BCUT2D eigenvalue weighted by atomic mass is 10.1. The number of methoxy groups -OCH3 is 1. The quantitative estimate of drug-likeness (QED) is 0.855. The molecule has 19 heavy (non-hydrogen) atoms. The number of nitrogens with two attached hydrogens (primary N) is 1. The number of benzene rings is 1. The van der Waals surface area contributed by atoms with E-state index in [4.69, 9.17) is 10.5 Å². The number of rotatable bonds is 4. The van der Waals surface area contributed by atoms with Gasteiger partial charge in [-0.15, -0.1) is 0 Å². The number of nitrogen functional groups attached to an aromatic ring is 1. The van der Waals surface area contributed by atoms with Crippen LogP contribution in [0.15, 0.2) is 30.3 Å². The Bertz CT molecular complexity index is 567. The fourth-order valence-corrected chi connectivity index (χ4v) is 1.84. The number of aromatic nitrogens is 2. The molecule has 1 heterocycles. The molecule has 0 spiro atoms. The van der Waals surface area contributed by atoms with Crippen LogP contribution in [-0.4, -0.2) is 17.1 Å². The van der Waals surface area contributed by atoms with Crippen LogP contribution in [0.5, 0.6) is 0 Å². The van der Waals surface area contributed by atoms with Gasteiger partial charge in [0.2, 0.25) is 0 Å². The molecule has 2 N–H and O–H groups in total. The third kappa shape index (κ3) is 3.29. The molecule has 0 saturated carbocycles. The van der Waals surface area contributed by atoms with Gasteiger partial charge >= 0.3 is 0 Å². The van der Waals surface area contributed by atoms with Gasteiger partial charge in [-0.05, 0) is 24.1 Å². The molecule has 1 aromatic carbocycles. The maximum atomic E-state index is 5.81. The molecule has 0 aliphatic carbocycles. The standard InChI is InChI=1S/C15H19N3O/c1-10(2)14-8-13(9-19-3)17-15(18-14)11-5-4-6-12(16)7-11/h4-8,10H,9,16H2,1-3H3. The zero-order chi connectivity index (χ0) is 13.8. The molecule has 4 heteroatoms. The van der Waals surface area contributed by atoms with Crippen LogP contribution in [0.25, 0.3) is 11.4 Å². The Kier molecular flexibility index (Phi) is 4.12. The van der Waals surface area contributed by atoms with Crippen molar-refractivity contribution >= 4 is 5.69 Å². The van der Waals surface area contributed by atoms with E-state index in [0.717, 1.165) is 17.0 Å². The van der Waals surface area contributed by atoms with Crippen molar-refractivity contribution in [2.45, 2.75) is 26.4 Å². The van der Waals surface area contributed by atoms with E-state index in [9.17, 15) is 0 Å². The molecule has 0 atom stereocenters. The Hall–Kier alpha value is -1.94. The summed E-state index contributed by atoms with van der Waals surface area (Å²) in [6, 6.07) is 9.60. The average Bonchev–Trinajstić information content (AvgIpc) is 2.38. The molecule has 0 fully saturated rings. The van der Waals surface area contributed by atoms with Gasteiger partial charge in [-0.2, -0.15) is 0 Å². The zero-order valence-electron chi connectivity index (χ0n) is 11.6. The Balaban J connectivity index is 2.49. The van der Waals surface area contributed by atoms with E-state index in [1.54, 1.807) is 7.11 Å². The molecule has 2 rings (SSSR count). The molecule has 0 unspecified atom stereocenters. The summed E-state index contributed by atoms with van der Waals surface area (Å²) in [6.45, 7) is 4.71. The van der Waals surface area contributed by atoms with Crippen LogP contribution in [-0.2, 0) is 11.3 Å². The third-order valence-corrected chi connectivity index (χ3v) is 2.83. The molecule has 0 bridgehead atoms. The largest absolute Gasteiger partial charge is 0.399 e. The van der Waals surface area contributed by atoms with Crippen molar-refractivity contribution in [2.75, 3.05) is 12.8 Å². The summed E-state index contributed by atoms with van der Waals surface area (Å²) in [6.07, 6.45) is 0. The molecule has 0 aliphatic rings. The second-order valence-corrected chi connectivity index (χ2v) is 4.82. The smallest absolute Gasteiger partial charge is 0.159 e. The maximum Gasteiger partial charge on any atom is 0.159 e. The number of nitrogens with zero attached hydrogens (tertiary/aromatic N) is 2. The Morgan fingerprint density at radius 1 is 1.21 bits per heavy atom. The van der Waals surface area contributed by atoms with Crippen molar-refractivity contribution in [3.63, 3.8) is 0 Å². The summed E-state index contributed by atoms with van der Waals surface area (Å²) in [7, 11) is 1.66. The van der Waals surface area contributed by atoms with Crippen molar-refractivity contribution in [3.8, 4) is 11.4 Å². The fraction of sp³-hybridized carbons (Fsp3) is 0.333. The molecule has 0 amide bonds. The van der Waals surface area contributed by atoms with E-state index >= 15 is 0 Å². The summed E-state index contributed by atoms with van der Waals surface area (Å²) >= 11 is 0. The van der Waals surface area contributed by atoms with Gasteiger partial charge in [0.25, 0.3) is 0 Å². The van der Waals surface area contributed by atoms with Gasteiger partial charge in [-0.25, -0.2) is 9.97 Å². The highest BCUT2D eigenvalue weighted by molar-refractivity contribution is 5.61.